The molecule has 4 rings (SSSR count). The van der Waals surface area contributed by atoms with E-state index in [1.165, 1.54) is 18.2 Å². The van der Waals surface area contributed by atoms with E-state index in [9.17, 15) is 19.2 Å². The molecule has 9 nitrogen and oxygen atoms in total. The number of imide groups is 1. The van der Waals surface area contributed by atoms with Gasteiger partial charge < -0.3 is 19.2 Å². The molecule has 3 amide bonds. The fourth-order valence-corrected chi connectivity index (χ4v) is 5.21. The average molecular weight is 545 g/mol. The summed E-state index contributed by atoms with van der Waals surface area (Å²) in [5.41, 5.74) is -0.364. The number of hydrogen-bond donors (Lipinski definition) is 1. The van der Waals surface area contributed by atoms with Crippen LogP contribution in [0, 0.1) is 17.8 Å². The van der Waals surface area contributed by atoms with Crippen molar-refractivity contribution in [2.24, 2.45) is 17.8 Å². The first-order valence-corrected chi connectivity index (χ1v) is 13.4. The molecule has 0 aliphatic carbocycles. The van der Waals surface area contributed by atoms with Gasteiger partial charge in [0.25, 0.3) is 17.7 Å². The Morgan fingerprint density at radius 3 is 2.42 bits per heavy atom. The molecule has 1 fully saturated rings. The first-order chi connectivity index (χ1) is 18.1. The first kappa shape index (κ1) is 27.9. The summed E-state index contributed by atoms with van der Waals surface area (Å²) < 4.78 is 17.8. The van der Waals surface area contributed by atoms with E-state index in [0.717, 1.165) is 17.4 Å². The van der Waals surface area contributed by atoms with Gasteiger partial charge in [0.15, 0.2) is 0 Å². The number of benzene rings is 1. The van der Waals surface area contributed by atoms with Gasteiger partial charge in [0.05, 0.1) is 16.7 Å². The van der Waals surface area contributed by atoms with Gasteiger partial charge in [-0.2, -0.15) is 0 Å². The number of nitrogens with one attached hydrogen (secondary N) is 1. The van der Waals surface area contributed by atoms with Crippen LogP contribution in [0.3, 0.4) is 0 Å². The minimum absolute atomic E-state index is 0.0617. The van der Waals surface area contributed by atoms with Crippen molar-refractivity contribution in [3.05, 3.63) is 51.4 Å². The van der Waals surface area contributed by atoms with Gasteiger partial charge in [0, 0.05) is 48.7 Å². The van der Waals surface area contributed by atoms with Gasteiger partial charge in [-0.05, 0) is 37.2 Å². The number of halogens is 1. The zero-order valence-electron chi connectivity index (χ0n) is 22.0. The third-order valence-corrected chi connectivity index (χ3v) is 7.96. The van der Waals surface area contributed by atoms with E-state index >= 15 is 0 Å². The van der Waals surface area contributed by atoms with Crippen molar-refractivity contribution in [3.8, 4) is 5.75 Å². The molecular weight excluding hydrogens is 512 g/mol. The molecule has 38 heavy (non-hydrogen) atoms. The number of unbranched alkanes of at least 4 members (excludes halogenated alkanes) is 1. The van der Waals surface area contributed by atoms with Crippen LogP contribution in [0.4, 0.5) is 0 Å². The third-order valence-electron chi connectivity index (χ3n) is 7.67. The van der Waals surface area contributed by atoms with E-state index in [4.69, 9.17) is 25.5 Å². The molecule has 0 radical (unpaired) electrons. The Balaban J connectivity index is 1.44. The van der Waals surface area contributed by atoms with E-state index in [-0.39, 0.29) is 46.6 Å². The second-order valence-electron chi connectivity index (χ2n) is 10.0. The van der Waals surface area contributed by atoms with Gasteiger partial charge in [-0.1, -0.05) is 39.3 Å². The Morgan fingerprint density at radius 1 is 1.03 bits per heavy atom. The number of amides is 3. The second kappa shape index (κ2) is 11.7. The molecule has 1 N–H and O–H groups in total. The highest BCUT2D eigenvalue weighted by Gasteiger charge is 2.39. The van der Waals surface area contributed by atoms with Gasteiger partial charge in [-0.3, -0.25) is 19.3 Å². The van der Waals surface area contributed by atoms with Crippen LogP contribution >= 0.6 is 11.6 Å². The van der Waals surface area contributed by atoms with E-state index in [0.29, 0.717) is 42.4 Å². The second-order valence-corrected chi connectivity index (χ2v) is 10.4. The van der Waals surface area contributed by atoms with Crippen LogP contribution in [0.1, 0.15) is 57.3 Å². The standard InChI is InChI=1S/C28H33ClN2O7/c1-5-21-16(3)15(2)17(4)28(37-21)38-23-14-22-18(12-20(23)29)19(13-26(34)36-22)27(35)30-10-6-7-11-31-24(32)8-9-25(31)33/h8-9,12-17,21,28H,5-7,10-11H2,1-4H3,(H,30,35). The van der Waals surface area contributed by atoms with Crippen molar-refractivity contribution in [1.29, 1.82) is 0 Å². The monoisotopic (exact) mass is 544 g/mol. The van der Waals surface area contributed by atoms with Crippen molar-refractivity contribution >= 4 is 40.3 Å². The average Bonchev–Trinajstić information content (AvgIpc) is 3.21. The highest BCUT2D eigenvalue weighted by molar-refractivity contribution is 6.33. The summed E-state index contributed by atoms with van der Waals surface area (Å²) in [4.78, 5) is 49.6. The van der Waals surface area contributed by atoms with Crippen LogP contribution < -0.4 is 15.7 Å². The maximum Gasteiger partial charge on any atom is 0.337 e. The molecule has 2 aliphatic heterocycles. The van der Waals surface area contributed by atoms with E-state index < -0.39 is 17.8 Å². The summed E-state index contributed by atoms with van der Waals surface area (Å²) in [5.74, 6) is 0.0688. The summed E-state index contributed by atoms with van der Waals surface area (Å²) in [6.07, 6.45) is 3.96. The van der Waals surface area contributed by atoms with Crippen molar-refractivity contribution in [2.45, 2.75) is 59.4 Å². The van der Waals surface area contributed by atoms with E-state index in [1.807, 2.05) is 0 Å². The van der Waals surface area contributed by atoms with Crippen LogP contribution in [0.25, 0.3) is 11.0 Å². The molecule has 3 heterocycles. The first-order valence-electron chi connectivity index (χ1n) is 13.0. The summed E-state index contributed by atoms with van der Waals surface area (Å²) in [7, 11) is 0. The van der Waals surface area contributed by atoms with Crippen LogP contribution in [0.15, 0.2) is 39.6 Å². The summed E-state index contributed by atoms with van der Waals surface area (Å²) in [6, 6.07) is 4.20. The van der Waals surface area contributed by atoms with Crippen LogP contribution in [-0.2, 0) is 14.3 Å². The zero-order chi connectivity index (χ0) is 27.6. The Bertz CT molecular complexity index is 1300. The highest BCUT2D eigenvalue weighted by Crippen LogP contribution is 2.39. The summed E-state index contributed by atoms with van der Waals surface area (Å²) >= 11 is 6.56. The normalized spacial score (nSPS) is 25.3. The van der Waals surface area contributed by atoms with Gasteiger partial charge in [0.2, 0.25) is 6.29 Å². The number of rotatable bonds is 9. The van der Waals surface area contributed by atoms with E-state index in [2.05, 4.69) is 33.0 Å². The summed E-state index contributed by atoms with van der Waals surface area (Å²) in [6.45, 7) is 9.10. The van der Waals surface area contributed by atoms with Gasteiger partial charge in [-0.25, -0.2) is 4.79 Å². The molecule has 0 bridgehead atoms. The van der Waals surface area contributed by atoms with Gasteiger partial charge in [-0.15, -0.1) is 0 Å². The zero-order valence-corrected chi connectivity index (χ0v) is 22.7. The number of carbonyl (C=O) groups excluding carboxylic acids is 3. The van der Waals surface area contributed by atoms with Crippen LogP contribution in [0.5, 0.6) is 5.75 Å². The SMILES string of the molecule is CCC1OC(Oc2cc3oc(=O)cc(C(=O)NCCCCN4C(=O)C=CC4=O)c3cc2Cl)C(C)C(C)C1C. The van der Waals surface area contributed by atoms with Gasteiger partial charge in [0.1, 0.15) is 11.3 Å². The smallest absolute Gasteiger partial charge is 0.337 e. The minimum Gasteiger partial charge on any atom is -0.463 e. The molecule has 1 saturated heterocycles. The molecule has 5 unspecified atom stereocenters. The molecule has 1 aromatic carbocycles. The van der Waals surface area contributed by atoms with Crippen molar-refractivity contribution in [1.82, 2.24) is 10.2 Å². The molecule has 0 spiro atoms. The predicted octanol–water partition coefficient (Wildman–Crippen LogP) is 4.30. The van der Waals surface area contributed by atoms with Crippen LogP contribution in [0.2, 0.25) is 5.02 Å². The van der Waals surface area contributed by atoms with Crippen LogP contribution in [-0.4, -0.2) is 48.1 Å². The van der Waals surface area contributed by atoms with Crippen molar-refractivity contribution < 1.29 is 28.3 Å². The Hall–Kier alpha value is -3.17. The lowest BCUT2D eigenvalue weighted by Crippen LogP contribution is -2.46. The maximum absolute atomic E-state index is 12.9. The quantitative estimate of drug-likeness (QED) is 0.284. The predicted molar refractivity (Wildman–Crippen MR) is 142 cm³/mol. The third kappa shape index (κ3) is 5.78. The lowest BCUT2D eigenvalue weighted by molar-refractivity contribution is -0.211. The number of fused-ring (bicyclic) bond motifs is 1. The fraction of sp³-hybridized carbons (Fsp3) is 0.500. The molecule has 2 aliphatic rings. The molecule has 2 aromatic rings. The lowest BCUT2D eigenvalue weighted by atomic mass is 9.78. The molecular formula is C28H33ClN2O7. The highest BCUT2D eigenvalue weighted by atomic mass is 35.5. The molecule has 10 heteroatoms. The molecule has 0 saturated carbocycles. The fourth-order valence-electron chi connectivity index (χ4n) is 5.00. The Labute approximate surface area is 226 Å². The van der Waals surface area contributed by atoms with E-state index in [1.54, 1.807) is 6.07 Å². The molecule has 1 aromatic heterocycles. The maximum atomic E-state index is 12.9. The Morgan fingerprint density at radius 2 is 1.74 bits per heavy atom. The molecule has 204 valence electrons. The summed E-state index contributed by atoms with van der Waals surface area (Å²) in [5, 5.41) is 3.42. The van der Waals surface area contributed by atoms with Crippen molar-refractivity contribution in [3.63, 3.8) is 0 Å². The van der Waals surface area contributed by atoms with Gasteiger partial charge >= 0.3 is 5.63 Å². The largest absolute Gasteiger partial charge is 0.463 e. The van der Waals surface area contributed by atoms with Crippen molar-refractivity contribution in [2.75, 3.05) is 13.1 Å². The topological polar surface area (TPSA) is 115 Å². The Kier molecular flexibility index (Phi) is 8.57. The minimum atomic E-state index is -0.676. The number of carbonyl (C=O) groups is 3. The lowest BCUT2D eigenvalue weighted by Gasteiger charge is -2.43. The molecule has 5 atom stereocenters. The number of hydrogen-bond acceptors (Lipinski definition) is 7. The number of nitrogens with zero attached hydrogens (tertiary/aromatic N) is 1. The number of ether oxygens (including phenoxy) is 2.